The van der Waals surface area contributed by atoms with Gasteiger partial charge in [-0.15, -0.1) is 11.3 Å². The average molecular weight is 246 g/mol. The Kier molecular flexibility index (Phi) is 3.92. The minimum Gasteiger partial charge on any atom is -0.324 e. The molecular formula is C14H18N2S. The number of hydrogen-bond donors (Lipinski definition) is 1. The summed E-state index contributed by atoms with van der Waals surface area (Å²) < 4.78 is 0. The summed E-state index contributed by atoms with van der Waals surface area (Å²) in [4.78, 5) is 4.49. The standard InChI is InChI=1S/C14H18N2S/c1-10(8-13-9-17-11(2)16-13)14(15)12-6-4-3-5-7-12/h3-7,9-10,14H,8,15H2,1-2H3. The number of aromatic nitrogens is 1. The lowest BCUT2D eigenvalue weighted by Crippen LogP contribution is -2.20. The molecule has 2 atom stereocenters. The van der Waals surface area contributed by atoms with Crippen LogP contribution in [-0.4, -0.2) is 4.98 Å². The second-order valence-electron chi connectivity index (χ2n) is 4.48. The lowest BCUT2D eigenvalue weighted by atomic mass is 9.92. The molecule has 0 radical (unpaired) electrons. The van der Waals surface area contributed by atoms with Crippen LogP contribution < -0.4 is 5.73 Å². The van der Waals surface area contributed by atoms with Crippen molar-refractivity contribution in [3.63, 3.8) is 0 Å². The summed E-state index contributed by atoms with van der Waals surface area (Å²) >= 11 is 1.70. The van der Waals surface area contributed by atoms with Gasteiger partial charge in [-0.05, 0) is 24.8 Å². The zero-order valence-electron chi connectivity index (χ0n) is 10.3. The molecular weight excluding hydrogens is 228 g/mol. The fourth-order valence-corrected chi connectivity index (χ4v) is 2.59. The quantitative estimate of drug-likeness (QED) is 0.898. The number of nitrogens with two attached hydrogens (primary N) is 1. The SMILES string of the molecule is Cc1nc(CC(C)C(N)c2ccccc2)cs1. The highest BCUT2D eigenvalue weighted by Crippen LogP contribution is 2.23. The van der Waals surface area contributed by atoms with E-state index in [9.17, 15) is 0 Å². The van der Waals surface area contributed by atoms with Crippen LogP contribution in [0.25, 0.3) is 0 Å². The highest BCUT2D eigenvalue weighted by molar-refractivity contribution is 7.09. The third kappa shape index (κ3) is 3.14. The van der Waals surface area contributed by atoms with E-state index in [4.69, 9.17) is 5.73 Å². The first-order valence-electron chi connectivity index (χ1n) is 5.88. The summed E-state index contributed by atoms with van der Waals surface area (Å²) in [6.07, 6.45) is 0.945. The van der Waals surface area contributed by atoms with Gasteiger partial charge in [0.2, 0.25) is 0 Å². The average Bonchev–Trinajstić information content (AvgIpc) is 2.75. The Morgan fingerprint density at radius 1 is 1.29 bits per heavy atom. The Labute approximate surface area is 107 Å². The van der Waals surface area contributed by atoms with Crippen molar-refractivity contribution in [1.29, 1.82) is 0 Å². The van der Waals surface area contributed by atoms with Crippen molar-refractivity contribution in [1.82, 2.24) is 4.98 Å². The summed E-state index contributed by atoms with van der Waals surface area (Å²) in [5.74, 6) is 0.402. The summed E-state index contributed by atoms with van der Waals surface area (Å²) in [7, 11) is 0. The molecule has 0 amide bonds. The maximum absolute atomic E-state index is 6.27. The molecule has 0 spiro atoms. The van der Waals surface area contributed by atoms with E-state index in [0.717, 1.165) is 17.1 Å². The molecule has 2 nitrogen and oxygen atoms in total. The first kappa shape index (κ1) is 12.3. The summed E-state index contributed by atoms with van der Waals surface area (Å²) in [5.41, 5.74) is 8.63. The Morgan fingerprint density at radius 3 is 2.59 bits per heavy atom. The van der Waals surface area contributed by atoms with Gasteiger partial charge in [-0.2, -0.15) is 0 Å². The molecule has 0 aliphatic carbocycles. The molecule has 90 valence electrons. The number of nitrogens with zero attached hydrogens (tertiary/aromatic N) is 1. The molecule has 0 fully saturated rings. The number of rotatable bonds is 4. The molecule has 2 N–H and O–H groups in total. The van der Waals surface area contributed by atoms with E-state index >= 15 is 0 Å². The van der Waals surface area contributed by atoms with Crippen LogP contribution in [0.3, 0.4) is 0 Å². The lowest BCUT2D eigenvalue weighted by molar-refractivity contribution is 0.464. The molecule has 0 aliphatic heterocycles. The molecule has 0 saturated carbocycles. The van der Waals surface area contributed by atoms with E-state index in [2.05, 4.69) is 29.4 Å². The van der Waals surface area contributed by atoms with E-state index in [1.807, 2.05) is 25.1 Å². The van der Waals surface area contributed by atoms with Crippen molar-refractivity contribution in [2.24, 2.45) is 11.7 Å². The molecule has 1 heterocycles. The van der Waals surface area contributed by atoms with Crippen LogP contribution in [0.4, 0.5) is 0 Å². The van der Waals surface area contributed by atoms with Crippen molar-refractivity contribution in [2.75, 3.05) is 0 Å². The first-order valence-corrected chi connectivity index (χ1v) is 6.76. The molecule has 1 aromatic heterocycles. The molecule has 2 unspecified atom stereocenters. The Bertz CT molecular complexity index is 464. The van der Waals surface area contributed by atoms with E-state index in [1.165, 1.54) is 5.56 Å². The van der Waals surface area contributed by atoms with Crippen LogP contribution in [0.15, 0.2) is 35.7 Å². The second kappa shape index (κ2) is 5.43. The monoisotopic (exact) mass is 246 g/mol. The molecule has 3 heteroatoms. The zero-order chi connectivity index (χ0) is 12.3. The fourth-order valence-electron chi connectivity index (χ4n) is 1.96. The Balaban J connectivity index is 2.03. The smallest absolute Gasteiger partial charge is 0.0897 e. The maximum Gasteiger partial charge on any atom is 0.0897 e. The molecule has 0 saturated heterocycles. The van der Waals surface area contributed by atoms with Crippen LogP contribution in [0.1, 0.15) is 29.2 Å². The predicted octanol–water partition coefficient (Wildman–Crippen LogP) is 3.33. The summed E-state index contributed by atoms with van der Waals surface area (Å²) in [6, 6.07) is 10.4. The molecule has 0 aliphatic rings. The van der Waals surface area contributed by atoms with Crippen LogP contribution >= 0.6 is 11.3 Å². The molecule has 0 bridgehead atoms. The van der Waals surface area contributed by atoms with Crippen LogP contribution in [0.2, 0.25) is 0 Å². The van der Waals surface area contributed by atoms with Gasteiger partial charge in [-0.3, -0.25) is 0 Å². The number of thiazole rings is 1. The first-order chi connectivity index (χ1) is 8.16. The fraction of sp³-hybridized carbons (Fsp3) is 0.357. The highest BCUT2D eigenvalue weighted by Gasteiger charge is 2.16. The van der Waals surface area contributed by atoms with Crippen LogP contribution in [0, 0.1) is 12.8 Å². The van der Waals surface area contributed by atoms with Gasteiger partial charge in [-0.25, -0.2) is 4.98 Å². The van der Waals surface area contributed by atoms with Gasteiger partial charge in [0.1, 0.15) is 0 Å². The van der Waals surface area contributed by atoms with E-state index < -0.39 is 0 Å². The van der Waals surface area contributed by atoms with E-state index in [1.54, 1.807) is 11.3 Å². The minimum absolute atomic E-state index is 0.0817. The topological polar surface area (TPSA) is 38.9 Å². The van der Waals surface area contributed by atoms with Gasteiger partial charge in [0.25, 0.3) is 0 Å². The highest BCUT2D eigenvalue weighted by atomic mass is 32.1. The molecule has 17 heavy (non-hydrogen) atoms. The largest absolute Gasteiger partial charge is 0.324 e. The van der Waals surface area contributed by atoms with Gasteiger partial charge >= 0.3 is 0 Å². The van der Waals surface area contributed by atoms with Gasteiger partial charge in [0, 0.05) is 11.4 Å². The minimum atomic E-state index is 0.0817. The van der Waals surface area contributed by atoms with Gasteiger partial charge < -0.3 is 5.73 Å². The van der Waals surface area contributed by atoms with Crippen molar-refractivity contribution in [2.45, 2.75) is 26.3 Å². The van der Waals surface area contributed by atoms with Crippen molar-refractivity contribution < 1.29 is 0 Å². The van der Waals surface area contributed by atoms with Crippen LogP contribution in [-0.2, 0) is 6.42 Å². The van der Waals surface area contributed by atoms with Gasteiger partial charge in [-0.1, -0.05) is 37.3 Å². The number of benzene rings is 1. The lowest BCUT2D eigenvalue weighted by Gasteiger charge is -2.19. The van der Waals surface area contributed by atoms with Gasteiger partial charge in [0.05, 0.1) is 10.7 Å². The van der Waals surface area contributed by atoms with Crippen molar-refractivity contribution in [3.05, 3.63) is 52.0 Å². The maximum atomic E-state index is 6.27. The summed E-state index contributed by atoms with van der Waals surface area (Å²) in [6.45, 7) is 4.22. The van der Waals surface area contributed by atoms with E-state index in [0.29, 0.717) is 5.92 Å². The molecule has 2 aromatic rings. The number of aryl methyl sites for hydroxylation is 1. The Morgan fingerprint density at radius 2 is 2.00 bits per heavy atom. The number of hydrogen-bond acceptors (Lipinski definition) is 3. The van der Waals surface area contributed by atoms with Crippen LogP contribution in [0.5, 0.6) is 0 Å². The Hall–Kier alpha value is -1.19. The third-order valence-corrected chi connectivity index (χ3v) is 3.82. The van der Waals surface area contributed by atoms with Crippen molar-refractivity contribution >= 4 is 11.3 Å². The second-order valence-corrected chi connectivity index (χ2v) is 5.54. The normalized spacial score (nSPS) is 14.5. The van der Waals surface area contributed by atoms with Crippen molar-refractivity contribution in [3.8, 4) is 0 Å². The zero-order valence-corrected chi connectivity index (χ0v) is 11.1. The predicted molar refractivity (Wildman–Crippen MR) is 73.1 cm³/mol. The third-order valence-electron chi connectivity index (χ3n) is 3.00. The summed E-state index contributed by atoms with van der Waals surface area (Å²) in [5, 5.41) is 3.25. The van der Waals surface area contributed by atoms with E-state index in [-0.39, 0.29) is 6.04 Å². The molecule has 1 aromatic carbocycles. The van der Waals surface area contributed by atoms with Gasteiger partial charge in [0.15, 0.2) is 0 Å². The molecule has 2 rings (SSSR count).